The van der Waals surface area contributed by atoms with E-state index in [9.17, 15) is 55.9 Å². The number of aryl methyl sites for hydroxylation is 2. The number of ether oxygens (including phenoxy) is 2. The maximum atomic E-state index is 13.8. The fraction of sp³-hybridized carbons (Fsp3) is 0.655. The topological polar surface area (TPSA) is 252 Å². The third-order valence-electron chi connectivity index (χ3n) is 18.8. The van der Waals surface area contributed by atoms with E-state index in [1.54, 1.807) is 41.3 Å². The minimum atomic E-state index is -2.54. The van der Waals surface area contributed by atoms with Crippen LogP contribution in [0.2, 0.25) is 0 Å². The Labute approximate surface area is 481 Å². The lowest BCUT2D eigenvalue weighted by Gasteiger charge is -2.37. The van der Waals surface area contributed by atoms with Crippen molar-refractivity contribution in [3.8, 4) is 0 Å². The first kappa shape index (κ1) is 62.4. The molecule has 9 amide bonds. The number of likely N-dealkylation sites (tertiary alicyclic amines) is 3. The van der Waals surface area contributed by atoms with Gasteiger partial charge < -0.3 is 55.9 Å². The van der Waals surface area contributed by atoms with E-state index in [-0.39, 0.29) is 70.6 Å². The lowest BCUT2D eigenvalue weighted by molar-refractivity contribution is -0.144. The second-order valence-electron chi connectivity index (χ2n) is 23.9. The number of urea groups is 2. The minimum absolute atomic E-state index is 0. The molecule has 4 spiro atoms. The van der Waals surface area contributed by atoms with Crippen molar-refractivity contribution in [2.24, 2.45) is 10.8 Å². The quantitative estimate of drug-likeness (QED) is 0.129. The van der Waals surface area contributed by atoms with Gasteiger partial charge >= 0.3 is 30.2 Å². The van der Waals surface area contributed by atoms with Crippen LogP contribution in [0.1, 0.15) is 128 Å². The van der Waals surface area contributed by atoms with Crippen molar-refractivity contribution in [1.82, 2.24) is 40.4 Å². The number of benzene rings is 2. The number of nitrogens with one attached hydrogen (secondary N) is 5. The summed E-state index contributed by atoms with van der Waals surface area (Å²) >= 11 is 0. The van der Waals surface area contributed by atoms with Crippen molar-refractivity contribution in [3.63, 3.8) is 0 Å². The molecule has 2 aromatic rings. The second kappa shape index (κ2) is 23.5. The van der Waals surface area contributed by atoms with Crippen LogP contribution < -0.4 is 26.6 Å². The van der Waals surface area contributed by atoms with Gasteiger partial charge in [-0.05, 0) is 140 Å². The highest BCUT2D eigenvalue weighted by molar-refractivity contribution is 6.07. The van der Waals surface area contributed by atoms with Crippen LogP contribution in [0.25, 0.3) is 0 Å². The lowest BCUT2D eigenvalue weighted by Crippen LogP contribution is -2.51. The van der Waals surface area contributed by atoms with E-state index in [0.29, 0.717) is 97.6 Å². The number of alkyl halides is 4. The van der Waals surface area contributed by atoms with Crippen molar-refractivity contribution in [2.45, 2.75) is 166 Å². The van der Waals surface area contributed by atoms with Crippen molar-refractivity contribution in [2.75, 3.05) is 77.1 Å². The Balaban J connectivity index is 0.000000178. The predicted molar refractivity (Wildman–Crippen MR) is 297 cm³/mol. The van der Waals surface area contributed by atoms with E-state index in [2.05, 4.69) is 43.3 Å². The van der Waals surface area contributed by atoms with E-state index in [0.717, 1.165) is 48.5 Å². The number of fused-ring (bicyclic) bond motifs is 4. The lowest BCUT2D eigenvalue weighted by atomic mass is 9.92. The van der Waals surface area contributed by atoms with E-state index in [1.165, 1.54) is 26.9 Å². The standard InChI is InChI=1S/C28H35F2N5O5.C15H15N3O6.C13H22F2N2.2CH4/c1-17-3-5-20(14-33-11-9-26(10-12-33)16-28(26,29)30)35(17)22(36)15-34-23(37)27(40-25(34)39)8-7-18-13-19(4-6-21(18)27)32-24(38)31-2;1-16-13(22)17-9-2-3-10-8(6-9)4-5-15(10)12(21)18(7-11(19)20)14(23)24-15;1-10-2-3-11(16-10)8-17-6-4-12(5-7-17)9-13(12,14)15;;/h4,6,13,17,20H,3,5,7-12,14-16H2,1-2H3,(H2,31,32,38);2-3,6H,4-5,7H2,1H3,(H,19,20)(H2,16,17,22);10-11,16H,2-9H2,1H3;2*1H4/t17-,20-,27+;15-;10-,11-;;/m010../s1. The number of nitrogens with zero attached hydrogens (tertiary/aromatic N) is 5. The van der Waals surface area contributed by atoms with E-state index >= 15 is 0 Å². The fourth-order valence-electron chi connectivity index (χ4n) is 13.8. The molecule has 8 fully saturated rings. The Morgan fingerprint density at radius 3 is 1.49 bits per heavy atom. The summed E-state index contributed by atoms with van der Waals surface area (Å²) in [6, 6.07) is 10.3. The summed E-state index contributed by atoms with van der Waals surface area (Å²) in [5.74, 6) is -7.71. The third kappa shape index (κ3) is 11.8. The van der Waals surface area contributed by atoms with Gasteiger partial charge in [0.25, 0.3) is 23.7 Å². The van der Waals surface area contributed by atoms with Crippen molar-refractivity contribution in [1.29, 1.82) is 0 Å². The average Bonchev–Trinajstić information content (AvgIpc) is 1.95. The Morgan fingerprint density at radius 2 is 1.08 bits per heavy atom. The number of carbonyl (C=O) groups excluding carboxylic acids is 7. The molecule has 6 atom stereocenters. The monoisotopic (exact) mass is 1170 g/mol. The summed E-state index contributed by atoms with van der Waals surface area (Å²) in [6.45, 7) is 7.58. The number of carboxylic acid groups (broad SMARTS) is 1. The van der Waals surface area contributed by atoms with Crippen molar-refractivity contribution < 1.29 is 70.5 Å². The Bertz CT molecular complexity index is 2880. The van der Waals surface area contributed by atoms with Gasteiger partial charge in [0.2, 0.25) is 17.1 Å². The number of anilines is 2. The summed E-state index contributed by atoms with van der Waals surface area (Å²) in [6.07, 6.45) is 6.19. The smallest absolute Gasteiger partial charge is 0.418 e. The first-order valence-corrected chi connectivity index (χ1v) is 28.2. The molecule has 6 N–H and O–H groups in total. The molecule has 0 radical (unpaired) electrons. The molecule has 2 aromatic carbocycles. The van der Waals surface area contributed by atoms with Gasteiger partial charge in [0.1, 0.15) is 13.1 Å². The van der Waals surface area contributed by atoms with Gasteiger partial charge in [-0.3, -0.25) is 19.2 Å². The number of aliphatic carboxylic acids is 1. The van der Waals surface area contributed by atoms with Crippen LogP contribution >= 0.6 is 0 Å². The van der Waals surface area contributed by atoms with E-state index in [4.69, 9.17) is 14.6 Å². The maximum absolute atomic E-state index is 13.8. The van der Waals surface area contributed by atoms with Gasteiger partial charge in [-0.15, -0.1) is 0 Å². The van der Waals surface area contributed by atoms with Gasteiger partial charge in [0.05, 0.1) is 0 Å². The largest absolute Gasteiger partial charge is 0.480 e. The molecule has 12 rings (SSSR count). The van der Waals surface area contributed by atoms with Gasteiger partial charge in [-0.25, -0.2) is 46.5 Å². The van der Waals surface area contributed by atoms with Gasteiger partial charge in [-0.1, -0.05) is 27.0 Å². The molecule has 4 aliphatic carbocycles. The van der Waals surface area contributed by atoms with Gasteiger partial charge in [0, 0.05) is 110 Å². The molecule has 6 aliphatic heterocycles. The molecule has 10 aliphatic rings. The SMILES string of the molecule is C.C.CNC(=O)Nc1ccc2c(c1)CC[C@@]21OC(=O)N(CC(=O)N2[C@H](CN3CCC4(CC3)CC4(F)F)CC[C@@H]2C)C1=O.CNC(=O)Nc1ccc2c(c1)CC[C@@]21OC(=O)N(CC(=O)O)C1=O.C[C@H]1CC[C@@H](CN2CCC3(CC2)CC3(F)F)N1. The van der Waals surface area contributed by atoms with Crippen molar-refractivity contribution in [3.05, 3.63) is 58.7 Å². The van der Waals surface area contributed by atoms with E-state index < -0.39 is 76.9 Å². The first-order valence-electron chi connectivity index (χ1n) is 28.2. The molecule has 456 valence electrons. The van der Waals surface area contributed by atoms with Crippen LogP contribution in [-0.4, -0.2) is 180 Å². The van der Waals surface area contributed by atoms with Gasteiger partial charge in [0.15, 0.2) is 0 Å². The minimum Gasteiger partial charge on any atom is -0.480 e. The number of rotatable bonds is 10. The molecule has 21 nitrogen and oxygen atoms in total. The first-order chi connectivity index (χ1) is 38.4. The number of carbonyl (C=O) groups is 8. The van der Waals surface area contributed by atoms with Crippen LogP contribution in [0, 0.1) is 10.8 Å². The Hall–Kier alpha value is -6.60. The van der Waals surface area contributed by atoms with E-state index in [1.807, 2.05) is 6.92 Å². The highest BCUT2D eigenvalue weighted by Crippen LogP contribution is 2.67. The molecule has 83 heavy (non-hydrogen) atoms. The van der Waals surface area contributed by atoms with Crippen LogP contribution in [-0.2, 0) is 52.7 Å². The number of piperidine rings is 2. The van der Waals surface area contributed by atoms with Crippen LogP contribution in [0.15, 0.2) is 36.4 Å². The number of amides is 9. The molecule has 25 heteroatoms. The number of hydrogen-bond donors (Lipinski definition) is 6. The molecule has 0 unspecified atom stereocenters. The third-order valence-corrected chi connectivity index (χ3v) is 18.8. The summed E-state index contributed by atoms with van der Waals surface area (Å²) < 4.78 is 65.0. The zero-order valence-electron chi connectivity index (χ0n) is 46.1. The molecular weight excluding hydrogens is 1090 g/mol. The average molecular weight is 1170 g/mol. The predicted octanol–water partition coefficient (Wildman–Crippen LogP) is 7.22. The summed E-state index contributed by atoms with van der Waals surface area (Å²) in [5.41, 5.74) is -0.597. The fourth-order valence-corrected chi connectivity index (χ4v) is 13.8. The molecule has 0 aromatic heterocycles. The maximum Gasteiger partial charge on any atom is 0.418 e. The highest BCUT2D eigenvalue weighted by atomic mass is 19.3. The summed E-state index contributed by atoms with van der Waals surface area (Å²) in [7, 11) is 3.00. The number of carboxylic acids is 1. The zero-order valence-corrected chi connectivity index (χ0v) is 46.1. The summed E-state index contributed by atoms with van der Waals surface area (Å²) in [4.78, 5) is 106. The number of imide groups is 2. The molecule has 6 saturated heterocycles. The number of halogens is 4. The van der Waals surface area contributed by atoms with Crippen LogP contribution in [0.3, 0.4) is 0 Å². The Morgan fingerprint density at radius 1 is 0.639 bits per heavy atom. The number of hydrogen-bond acceptors (Lipinski definition) is 13. The molecule has 6 heterocycles. The molecule has 2 saturated carbocycles. The van der Waals surface area contributed by atoms with Crippen molar-refractivity contribution >= 4 is 59.3 Å². The zero-order chi connectivity index (χ0) is 58.0. The molecular formula is C58H80F4N10O11. The summed E-state index contributed by atoms with van der Waals surface area (Å²) in [5, 5.41) is 22.6. The second-order valence-corrected chi connectivity index (χ2v) is 23.9. The molecule has 0 bridgehead atoms. The normalized spacial score (nSPS) is 28.9. The highest BCUT2D eigenvalue weighted by Gasteiger charge is 2.71. The van der Waals surface area contributed by atoms with Crippen LogP contribution in [0.4, 0.5) is 48.1 Å². The Kier molecular flexibility index (Phi) is 17.6. The van der Waals surface area contributed by atoms with Gasteiger partial charge in [-0.2, -0.15) is 0 Å². The van der Waals surface area contributed by atoms with Crippen LogP contribution in [0.5, 0.6) is 0 Å².